The lowest BCUT2D eigenvalue weighted by Crippen LogP contribution is -2.11. The Kier molecular flexibility index (Phi) is 3.45. The van der Waals surface area contributed by atoms with Crippen molar-refractivity contribution >= 4 is 21.8 Å². The third-order valence-electron chi connectivity index (χ3n) is 1.64. The van der Waals surface area contributed by atoms with Gasteiger partial charge in [0.05, 0.1) is 0 Å². The fraction of sp³-hybridized carbons (Fsp3) is 0.222. The Balaban J connectivity index is 2.98. The van der Waals surface area contributed by atoms with Gasteiger partial charge in [0, 0.05) is 12.7 Å². The maximum absolute atomic E-state index is 10.8. The molecule has 0 fully saturated rings. The van der Waals surface area contributed by atoms with Gasteiger partial charge in [-0.3, -0.25) is 4.79 Å². The van der Waals surface area contributed by atoms with Crippen molar-refractivity contribution in [3.8, 4) is 0 Å². The van der Waals surface area contributed by atoms with Gasteiger partial charge in [0.15, 0.2) is 0 Å². The standard InChI is InChI=1S/C9H10BrNO2/c1-13-8(10)6-3-2-4-7(5-6)9(11)12/h2-5,8H,1H3,(H2,11,12). The second-order valence-electron chi connectivity index (χ2n) is 2.54. The number of nitrogens with two attached hydrogens (primary N) is 1. The number of hydrogen-bond donors (Lipinski definition) is 1. The number of halogens is 1. The molecule has 1 amide bonds. The largest absolute Gasteiger partial charge is 0.366 e. The number of alkyl halides is 1. The van der Waals surface area contributed by atoms with Crippen molar-refractivity contribution < 1.29 is 9.53 Å². The summed E-state index contributed by atoms with van der Waals surface area (Å²) in [6.45, 7) is 0. The summed E-state index contributed by atoms with van der Waals surface area (Å²) in [5.74, 6) is -0.433. The Bertz CT molecular complexity index is 314. The average Bonchev–Trinajstić information content (AvgIpc) is 2.17. The highest BCUT2D eigenvalue weighted by molar-refractivity contribution is 9.09. The van der Waals surface area contributed by atoms with Gasteiger partial charge in [-0.25, -0.2) is 0 Å². The van der Waals surface area contributed by atoms with Crippen molar-refractivity contribution in [1.29, 1.82) is 0 Å². The predicted molar refractivity (Wildman–Crippen MR) is 53.6 cm³/mol. The first-order valence-corrected chi connectivity index (χ1v) is 4.63. The molecule has 4 heteroatoms. The number of primary amides is 1. The Morgan fingerprint density at radius 3 is 2.85 bits per heavy atom. The van der Waals surface area contributed by atoms with Crippen LogP contribution in [0.4, 0.5) is 0 Å². The summed E-state index contributed by atoms with van der Waals surface area (Å²) in [6, 6.07) is 6.99. The molecule has 0 spiro atoms. The third kappa shape index (κ3) is 2.54. The van der Waals surface area contributed by atoms with E-state index in [0.717, 1.165) is 5.56 Å². The molecule has 0 aliphatic carbocycles. The Morgan fingerprint density at radius 2 is 2.31 bits per heavy atom. The summed E-state index contributed by atoms with van der Waals surface area (Å²) in [4.78, 5) is 10.8. The molecule has 0 radical (unpaired) electrons. The molecule has 2 N–H and O–H groups in total. The first kappa shape index (κ1) is 10.2. The minimum absolute atomic E-state index is 0.202. The van der Waals surface area contributed by atoms with Crippen LogP contribution in [0.2, 0.25) is 0 Å². The molecule has 0 heterocycles. The lowest BCUT2D eigenvalue weighted by molar-refractivity contribution is 0.1000. The molecule has 70 valence electrons. The maximum Gasteiger partial charge on any atom is 0.248 e. The number of carbonyl (C=O) groups excluding carboxylic acids is 1. The summed E-state index contributed by atoms with van der Waals surface area (Å²) < 4.78 is 5.04. The Labute approximate surface area is 85.0 Å². The van der Waals surface area contributed by atoms with Gasteiger partial charge in [0.1, 0.15) is 5.01 Å². The lowest BCUT2D eigenvalue weighted by atomic mass is 10.1. The smallest absolute Gasteiger partial charge is 0.248 e. The van der Waals surface area contributed by atoms with Crippen LogP contribution in [0, 0.1) is 0 Å². The highest BCUT2D eigenvalue weighted by atomic mass is 79.9. The quantitative estimate of drug-likeness (QED) is 0.824. The minimum atomic E-state index is -0.433. The van der Waals surface area contributed by atoms with E-state index in [9.17, 15) is 4.79 Å². The van der Waals surface area contributed by atoms with Crippen LogP contribution in [0.15, 0.2) is 24.3 Å². The number of hydrogen-bond acceptors (Lipinski definition) is 2. The highest BCUT2D eigenvalue weighted by Crippen LogP contribution is 2.23. The molecule has 0 saturated carbocycles. The van der Waals surface area contributed by atoms with E-state index in [1.54, 1.807) is 25.3 Å². The molecule has 0 aliphatic heterocycles. The monoisotopic (exact) mass is 243 g/mol. The van der Waals surface area contributed by atoms with E-state index >= 15 is 0 Å². The molecule has 1 aromatic carbocycles. The summed E-state index contributed by atoms with van der Waals surface area (Å²) in [5, 5.41) is -0.202. The first-order chi connectivity index (χ1) is 6.15. The van der Waals surface area contributed by atoms with E-state index in [1.807, 2.05) is 6.07 Å². The molecule has 1 aromatic rings. The molecule has 0 aromatic heterocycles. The number of benzene rings is 1. The summed E-state index contributed by atoms with van der Waals surface area (Å²) in [5.41, 5.74) is 6.49. The van der Waals surface area contributed by atoms with E-state index in [4.69, 9.17) is 10.5 Å². The van der Waals surface area contributed by atoms with Crippen molar-refractivity contribution in [1.82, 2.24) is 0 Å². The van der Waals surface area contributed by atoms with Gasteiger partial charge in [-0.05, 0) is 17.7 Å². The zero-order chi connectivity index (χ0) is 9.84. The highest BCUT2D eigenvalue weighted by Gasteiger charge is 2.07. The molecule has 1 unspecified atom stereocenters. The van der Waals surface area contributed by atoms with Gasteiger partial charge in [-0.1, -0.05) is 28.1 Å². The molecule has 1 atom stereocenters. The number of methoxy groups -OCH3 is 1. The zero-order valence-electron chi connectivity index (χ0n) is 7.16. The van der Waals surface area contributed by atoms with E-state index in [-0.39, 0.29) is 5.01 Å². The maximum atomic E-state index is 10.8. The van der Waals surface area contributed by atoms with Crippen LogP contribution in [0.5, 0.6) is 0 Å². The fourth-order valence-corrected chi connectivity index (χ4v) is 1.25. The topological polar surface area (TPSA) is 52.3 Å². The van der Waals surface area contributed by atoms with Gasteiger partial charge >= 0.3 is 0 Å². The molecular weight excluding hydrogens is 234 g/mol. The molecule has 0 aliphatic rings. The zero-order valence-corrected chi connectivity index (χ0v) is 8.74. The molecule has 0 saturated heterocycles. The van der Waals surface area contributed by atoms with Gasteiger partial charge < -0.3 is 10.5 Å². The molecule has 0 bridgehead atoms. The SMILES string of the molecule is COC(Br)c1cccc(C(N)=O)c1. The average molecular weight is 244 g/mol. The molecule has 3 nitrogen and oxygen atoms in total. The van der Waals surface area contributed by atoms with E-state index < -0.39 is 5.91 Å². The lowest BCUT2D eigenvalue weighted by Gasteiger charge is -2.08. The van der Waals surface area contributed by atoms with Gasteiger partial charge in [0.25, 0.3) is 0 Å². The second kappa shape index (κ2) is 4.39. The number of ether oxygens (including phenoxy) is 1. The summed E-state index contributed by atoms with van der Waals surface area (Å²) >= 11 is 3.29. The normalized spacial score (nSPS) is 12.5. The van der Waals surface area contributed by atoms with Crippen molar-refractivity contribution in [2.24, 2.45) is 5.73 Å². The van der Waals surface area contributed by atoms with Crippen LogP contribution in [0.3, 0.4) is 0 Å². The molecule has 1 rings (SSSR count). The van der Waals surface area contributed by atoms with E-state index in [1.165, 1.54) is 0 Å². The van der Waals surface area contributed by atoms with Crippen molar-refractivity contribution in [3.05, 3.63) is 35.4 Å². The summed E-state index contributed by atoms with van der Waals surface area (Å²) in [6.07, 6.45) is 0. The van der Waals surface area contributed by atoms with Crippen molar-refractivity contribution in [2.75, 3.05) is 7.11 Å². The van der Waals surface area contributed by atoms with Gasteiger partial charge in [0.2, 0.25) is 5.91 Å². The van der Waals surface area contributed by atoms with Gasteiger partial charge in [-0.15, -0.1) is 0 Å². The van der Waals surface area contributed by atoms with Crippen LogP contribution in [-0.4, -0.2) is 13.0 Å². The van der Waals surface area contributed by atoms with Crippen LogP contribution in [0.25, 0.3) is 0 Å². The van der Waals surface area contributed by atoms with Crippen molar-refractivity contribution in [3.63, 3.8) is 0 Å². The van der Waals surface area contributed by atoms with Crippen LogP contribution >= 0.6 is 15.9 Å². The number of carbonyl (C=O) groups is 1. The van der Waals surface area contributed by atoms with Crippen molar-refractivity contribution in [2.45, 2.75) is 5.01 Å². The van der Waals surface area contributed by atoms with E-state index in [2.05, 4.69) is 15.9 Å². The van der Waals surface area contributed by atoms with E-state index in [0.29, 0.717) is 5.56 Å². The first-order valence-electron chi connectivity index (χ1n) is 3.72. The fourth-order valence-electron chi connectivity index (χ4n) is 0.969. The second-order valence-corrected chi connectivity index (χ2v) is 3.37. The molecule has 13 heavy (non-hydrogen) atoms. The summed E-state index contributed by atoms with van der Waals surface area (Å²) in [7, 11) is 1.58. The van der Waals surface area contributed by atoms with Crippen LogP contribution < -0.4 is 5.73 Å². The minimum Gasteiger partial charge on any atom is -0.366 e. The third-order valence-corrected chi connectivity index (χ3v) is 2.54. The van der Waals surface area contributed by atoms with Crippen LogP contribution in [-0.2, 0) is 4.74 Å². The number of amides is 1. The number of rotatable bonds is 3. The van der Waals surface area contributed by atoms with Crippen LogP contribution in [0.1, 0.15) is 20.9 Å². The molecular formula is C9H10BrNO2. The van der Waals surface area contributed by atoms with Gasteiger partial charge in [-0.2, -0.15) is 0 Å². The predicted octanol–water partition coefficient (Wildman–Crippen LogP) is 1.83. The Hall–Kier alpha value is -0.870. The Morgan fingerprint density at radius 1 is 1.62 bits per heavy atom.